The van der Waals surface area contributed by atoms with Crippen LogP contribution in [0.5, 0.6) is 0 Å². The van der Waals surface area contributed by atoms with E-state index in [-0.39, 0.29) is 6.10 Å². The number of ether oxygens (including phenoxy) is 2. The van der Waals surface area contributed by atoms with Crippen molar-refractivity contribution in [3.8, 4) is 0 Å². The van der Waals surface area contributed by atoms with E-state index in [9.17, 15) is 4.79 Å². The van der Waals surface area contributed by atoms with Gasteiger partial charge in [0.25, 0.3) is 0 Å². The summed E-state index contributed by atoms with van der Waals surface area (Å²) in [4.78, 5) is 11.1. The number of benzene rings is 1. The molecule has 1 aromatic carbocycles. The first-order chi connectivity index (χ1) is 6.99. The lowest BCUT2D eigenvalue weighted by Crippen LogP contribution is -2.26. The van der Waals surface area contributed by atoms with E-state index < -0.39 is 11.8 Å². The summed E-state index contributed by atoms with van der Waals surface area (Å²) in [5.74, 6) is 0. The Balaban J connectivity index is 2.31. The van der Waals surface area contributed by atoms with E-state index >= 15 is 0 Å². The third-order valence-electron chi connectivity index (χ3n) is 2.57. The highest BCUT2D eigenvalue weighted by Gasteiger charge is 2.44. The predicted molar refractivity (Wildman–Crippen MR) is 55.6 cm³/mol. The smallest absolute Gasteiger partial charge is 0.424 e. The van der Waals surface area contributed by atoms with E-state index in [1.54, 1.807) is 0 Å². The topological polar surface area (TPSA) is 35.5 Å². The summed E-state index contributed by atoms with van der Waals surface area (Å²) in [5, 5.41) is 0. The molecule has 1 saturated heterocycles. The van der Waals surface area contributed by atoms with Crippen molar-refractivity contribution in [2.45, 2.75) is 32.5 Å². The molecule has 0 bridgehead atoms. The normalized spacial score (nSPS) is 23.4. The number of cyclic esters (lactones) is 2. The second kappa shape index (κ2) is 3.26. The van der Waals surface area contributed by atoms with Crippen LogP contribution in [-0.2, 0) is 9.47 Å². The number of carbonyl (C=O) groups excluding carboxylic acids is 1. The average molecular weight is 206 g/mol. The second-order valence-electron chi connectivity index (χ2n) is 4.36. The number of carbonyl (C=O) groups is 1. The molecule has 1 fully saturated rings. The fraction of sp³-hybridized carbons (Fsp3) is 0.417. The van der Waals surface area contributed by atoms with Crippen molar-refractivity contribution in [1.29, 1.82) is 0 Å². The molecule has 1 aliphatic heterocycles. The molecule has 1 aromatic rings. The van der Waals surface area contributed by atoms with Gasteiger partial charge in [-0.2, -0.15) is 0 Å². The number of hydrogen-bond acceptors (Lipinski definition) is 3. The van der Waals surface area contributed by atoms with Crippen LogP contribution in [0.2, 0.25) is 0 Å². The molecule has 1 aliphatic rings. The molecular weight excluding hydrogens is 192 g/mol. The van der Waals surface area contributed by atoms with Crippen molar-refractivity contribution in [1.82, 2.24) is 0 Å². The van der Waals surface area contributed by atoms with Crippen LogP contribution in [0.15, 0.2) is 24.3 Å². The van der Waals surface area contributed by atoms with Crippen molar-refractivity contribution < 1.29 is 14.3 Å². The van der Waals surface area contributed by atoms with Gasteiger partial charge in [0, 0.05) is 0 Å². The van der Waals surface area contributed by atoms with Gasteiger partial charge in [0.05, 0.1) is 0 Å². The molecule has 1 unspecified atom stereocenters. The average Bonchev–Trinajstić information content (AvgIpc) is 2.41. The van der Waals surface area contributed by atoms with Gasteiger partial charge in [-0.1, -0.05) is 29.8 Å². The Hall–Kier alpha value is -1.51. The molecule has 0 spiro atoms. The van der Waals surface area contributed by atoms with Crippen LogP contribution >= 0.6 is 0 Å². The van der Waals surface area contributed by atoms with Crippen LogP contribution in [0.1, 0.15) is 31.1 Å². The van der Waals surface area contributed by atoms with Crippen molar-refractivity contribution in [3.63, 3.8) is 0 Å². The Morgan fingerprint density at radius 3 is 2.27 bits per heavy atom. The quantitative estimate of drug-likeness (QED) is 0.662. The Morgan fingerprint density at radius 2 is 1.80 bits per heavy atom. The zero-order valence-electron chi connectivity index (χ0n) is 9.11. The summed E-state index contributed by atoms with van der Waals surface area (Å²) in [7, 11) is 0. The molecular formula is C12H14O3. The molecule has 0 N–H and O–H groups in total. The van der Waals surface area contributed by atoms with Crippen molar-refractivity contribution in [3.05, 3.63) is 35.4 Å². The Labute approximate surface area is 89.0 Å². The largest absolute Gasteiger partial charge is 0.509 e. The lowest BCUT2D eigenvalue weighted by molar-refractivity contribution is 0.0642. The minimum absolute atomic E-state index is 0.314. The van der Waals surface area contributed by atoms with Gasteiger partial charge in [0.15, 0.2) is 11.7 Å². The first-order valence-corrected chi connectivity index (χ1v) is 4.95. The van der Waals surface area contributed by atoms with Crippen LogP contribution < -0.4 is 0 Å². The third-order valence-corrected chi connectivity index (χ3v) is 2.57. The van der Waals surface area contributed by atoms with Crippen LogP contribution in [0, 0.1) is 6.92 Å². The highest BCUT2D eigenvalue weighted by atomic mass is 16.8. The van der Waals surface area contributed by atoms with Crippen molar-refractivity contribution in [2.75, 3.05) is 0 Å². The van der Waals surface area contributed by atoms with E-state index in [1.165, 1.54) is 5.56 Å². The van der Waals surface area contributed by atoms with Gasteiger partial charge in [-0.25, -0.2) is 4.79 Å². The molecule has 1 atom stereocenters. The summed E-state index contributed by atoms with van der Waals surface area (Å²) in [5.41, 5.74) is 1.56. The van der Waals surface area contributed by atoms with E-state index in [4.69, 9.17) is 9.47 Å². The molecule has 3 nitrogen and oxygen atoms in total. The van der Waals surface area contributed by atoms with E-state index in [2.05, 4.69) is 0 Å². The lowest BCUT2D eigenvalue weighted by Gasteiger charge is -2.21. The van der Waals surface area contributed by atoms with Crippen LogP contribution in [0.25, 0.3) is 0 Å². The van der Waals surface area contributed by atoms with Crippen LogP contribution in [0.3, 0.4) is 0 Å². The number of rotatable bonds is 1. The molecule has 3 heteroatoms. The van der Waals surface area contributed by atoms with Crippen molar-refractivity contribution >= 4 is 6.16 Å². The van der Waals surface area contributed by atoms with Crippen molar-refractivity contribution in [2.24, 2.45) is 0 Å². The maximum Gasteiger partial charge on any atom is 0.509 e. The Kier molecular flexibility index (Phi) is 2.18. The summed E-state index contributed by atoms with van der Waals surface area (Å²) in [6, 6.07) is 7.92. The first-order valence-electron chi connectivity index (χ1n) is 4.95. The monoisotopic (exact) mass is 206 g/mol. The number of aryl methyl sites for hydroxylation is 1. The SMILES string of the molecule is Cc1ccc(C2OC(=O)OC2(C)C)cc1. The van der Waals surface area contributed by atoms with Crippen LogP contribution in [-0.4, -0.2) is 11.8 Å². The van der Waals surface area contributed by atoms with Gasteiger partial charge in [-0.15, -0.1) is 0 Å². The Bertz CT molecular complexity index is 378. The Morgan fingerprint density at radius 1 is 1.20 bits per heavy atom. The van der Waals surface area contributed by atoms with Gasteiger partial charge in [-0.3, -0.25) is 0 Å². The molecule has 0 aromatic heterocycles. The van der Waals surface area contributed by atoms with E-state index in [1.807, 2.05) is 45.0 Å². The highest BCUT2D eigenvalue weighted by molar-refractivity contribution is 5.63. The summed E-state index contributed by atoms with van der Waals surface area (Å²) in [6.45, 7) is 5.72. The standard InChI is InChI=1S/C12H14O3/c1-8-4-6-9(7-5-8)10-12(2,3)15-11(13)14-10/h4-7,10H,1-3H3. The molecule has 15 heavy (non-hydrogen) atoms. The molecule has 0 radical (unpaired) electrons. The fourth-order valence-electron chi connectivity index (χ4n) is 1.74. The molecule has 0 aliphatic carbocycles. The summed E-state index contributed by atoms with van der Waals surface area (Å²) >= 11 is 0. The fourth-order valence-corrected chi connectivity index (χ4v) is 1.74. The van der Waals surface area contributed by atoms with Gasteiger partial charge in [0.1, 0.15) is 0 Å². The summed E-state index contributed by atoms with van der Waals surface area (Å²) < 4.78 is 10.2. The van der Waals surface area contributed by atoms with E-state index in [0.717, 1.165) is 5.56 Å². The predicted octanol–water partition coefficient (Wildman–Crippen LogP) is 2.98. The second-order valence-corrected chi connectivity index (χ2v) is 4.36. The highest BCUT2D eigenvalue weighted by Crippen LogP contribution is 2.38. The summed E-state index contributed by atoms with van der Waals surface area (Å²) in [6.07, 6.45) is -0.906. The minimum atomic E-state index is -0.592. The zero-order valence-corrected chi connectivity index (χ0v) is 9.11. The molecule has 1 heterocycles. The van der Waals surface area contributed by atoms with Gasteiger partial charge < -0.3 is 9.47 Å². The lowest BCUT2D eigenvalue weighted by atomic mass is 9.94. The first kappa shape index (κ1) is 10.0. The van der Waals surface area contributed by atoms with Crippen LogP contribution in [0.4, 0.5) is 4.79 Å². The molecule has 0 saturated carbocycles. The maximum absolute atomic E-state index is 11.1. The molecule has 2 rings (SSSR count). The van der Waals surface area contributed by atoms with Gasteiger partial charge in [-0.05, 0) is 26.3 Å². The third kappa shape index (κ3) is 1.82. The maximum atomic E-state index is 11.1. The molecule has 0 amide bonds. The van der Waals surface area contributed by atoms with Gasteiger partial charge in [0.2, 0.25) is 0 Å². The van der Waals surface area contributed by atoms with Gasteiger partial charge >= 0.3 is 6.16 Å². The minimum Gasteiger partial charge on any atom is -0.424 e. The van der Waals surface area contributed by atoms with E-state index in [0.29, 0.717) is 0 Å². The number of hydrogen-bond donors (Lipinski definition) is 0. The molecule has 80 valence electrons. The zero-order chi connectivity index (χ0) is 11.1.